The molecule has 1 aromatic rings. The van der Waals surface area contributed by atoms with E-state index in [9.17, 15) is 18.0 Å². The van der Waals surface area contributed by atoms with Gasteiger partial charge in [0.2, 0.25) is 10.0 Å². The summed E-state index contributed by atoms with van der Waals surface area (Å²) >= 11 is 0. The minimum absolute atomic E-state index is 0.0271. The fourth-order valence-corrected chi connectivity index (χ4v) is 4.28. The van der Waals surface area contributed by atoms with Crippen LogP contribution in [-0.4, -0.2) is 67.0 Å². The van der Waals surface area contributed by atoms with Crippen LogP contribution >= 0.6 is 0 Å². The zero-order valence-electron chi connectivity index (χ0n) is 14.3. The zero-order valence-corrected chi connectivity index (χ0v) is 15.1. The second-order valence-corrected chi connectivity index (χ2v) is 8.51. The van der Waals surface area contributed by atoms with E-state index in [1.54, 1.807) is 4.90 Å². The third-order valence-corrected chi connectivity index (χ3v) is 5.95. The van der Waals surface area contributed by atoms with Crippen molar-refractivity contribution in [2.24, 2.45) is 0 Å². The predicted molar refractivity (Wildman–Crippen MR) is 93.7 cm³/mol. The number of imide groups is 1. The van der Waals surface area contributed by atoms with Crippen molar-refractivity contribution in [1.29, 1.82) is 0 Å². The van der Waals surface area contributed by atoms with Crippen molar-refractivity contribution in [2.75, 3.05) is 32.4 Å². The van der Waals surface area contributed by atoms with E-state index in [2.05, 4.69) is 12.1 Å². The molecule has 25 heavy (non-hydrogen) atoms. The second kappa shape index (κ2) is 7.03. The smallest absolute Gasteiger partial charge is 0.324 e. The van der Waals surface area contributed by atoms with E-state index in [1.807, 2.05) is 18.2 Å². The highest BCUT2D eigenvalue weighted by Crippen LogP contribution is 2.27. The van der Waals surface area contributed by atoms with Gasteiger partial charge in [-0.3, -0.25) is 0 Å². The first kappa shape index (κ1) is 17.7. The highest BCUT2D eigenvalue weighted by molar-refractivity contribution is 7.88. The van der Waals surface area contributed by atoms with Crippen molar-refractivity contribution >= 4 is 22.1 Å². The first-order chi connectivity index (χ1) is 11.9. The SMILES string of the molecule is CS(=O)(=O)N1CCN(C(=O)N2CCCCC(c3ccccc3)C2)C1=O. The lowest BCUT2D eigenvalue weighted by molar-refractivity contribution is 0.161. The van der Waals surface area contributed by atoms with E-state index >= 15 is 0 Å². The maximum Gasteiger partial charge on any atom is 0.341 e. The van der Waals surface area contributed by atoms with Crippen LogP contribution in [0.25, 0.3) is 0 Å². The lowest BCUT2D eigenvalue weighted by Gasteiger charge is -2.28. The molecule has 2 aliphatic rings. The van der Waals surface area contributed by atoms with Gasteiger partial charge in [-0.1, -0.05) is 36.8 Å². The molecule has 3 rings (SSSR count). The second-order valence-electron chi connectivity index (χ2n) is 6.60. The summed E-state index contributed by atoms with van der Waals surface area (Å²) in [5, 5.41) is 0. The van der Waals surface area contributed by atoms with Gasteiger partial charge >= 0.3 is 12.1 Å². The van der Waals surface area contributed by atoms with E-state index in [0.717, 1.165) is 34.7 Å². The summed E-state index contributed by atoms with van der Waals surface area (Å²) in [6.07, 6.45) is 3.88. The Hall–Kier alpha value is -2.09. The van der Waals surface area contributed by atoms with Crippen LogP contribution in [0.5, 0.6) is 0 Å². The Morgan fingerprint density at radius 2 is 1.80 bits per heavy atom. The summed E-state index contributed by atoms with van der Waals surface area (Å²) in [6.45, 7) is 1.27. The number of carbonyl (C=O) groups is 2. The van der Waals surface area contributed by atoms with E-state index in [1.165, 1.54) is 5.56 Å². The van der Waals surface area contributed by atoms with Gasteiger partial charge in [0.15, 0.2) is 0 Å². The molecule has 0 bridgehead atoms. The molecule has 2 fully saturated rings. The molecule has 0 spiro atoms. The molecule has 1 aromatic carbocycles. The van der Waals surface area contributed by atoms with E-state index in [0.29, 0.717) is 13.1 Å². The van der Waals surface area contributed by atoms with Gasteiger partial charge in [-0.2, -0.15) is 0 Å². The highest BCUT2D eigenvalue weighted by Gasteiger charge is 2.40. The molecule has 1 unspecified atom stereocenters. The van der Waals surface area contributed by atoms with Crippen LogP contribution in [0.4, 0.5) is 9.59 Å². The van der Waals surface area contributed by atoms with Crippen molar-refractivity contribution in [3.8, 4) is 0 Å². The van der Waals surface area contributed by atoms with Gasteiger partial charge in [0, 0.05) is 19.0 Å². The molecular formula is C17H23N3O4S. The van der Waals surface area contributed by atoms with Crippen molar-refractivity contribution in [3.63, 3.8) is 0 Å². The van der Waals surface area contributed by atoms with Crippen LogP contribution in [0.3, 0.4) is 0 Å². The third kappa shape index (κ3) is 3.78. The van der Waals surface area contributed by atoms with Crippen LogP contribution in [-0.2, 0) is 10.0 Å². The van der Waals surface area contributed by atoms with Gasteiger partial charge in [-0.25, -0.2) is 27.2 Å². The molecule has 136 valence electrons. The van der Waals surface area contributed by atoms with Crippen molar-refractivity contribution < 1.29 is 18.0 Å². The van der Waals surface area contributed by atoms with Gasteiger partial charge in [0.25, 0.3) is 0 Å². The largest absolute Gasteiger partial charge is 0.341 e. The Kier molecular flexibility index (Phi) is 4.99. The standard InChI is InChI=1S/C17H23N3O4S/c1-25(23,24)20-12-11-19(17(20)22)16(21)18-10-6-5-9-15(13-18)14-7-3-2-4-8-14/h2-4,7-8,15H,5-6,9-13H2,1H3. The molecular weight excluding hydrogens is 342 g/mol. The lowest BCUT2D eigenvalue weighted by atomic mass is 9.94. The average molecular weight is 365 g/mol. The van der Waals surface area contributed by atoms with E-state index in [4.69, 9.17) is 0 Å². The first-order valence-electron chi connectivity index (χ1n) is 8.51. The molecule has 2 aliphatic heterocycles. The van der Waals surface area contributed by atoms with Gasteiger partial charge in [0.05, 0.1) is 19.3 Å². The number of urea groups is 2. The Morgan fingerprint density at radius 1 is 1.08 bits per heavy atom. The van der Waals surface area contributed by atoms with Gasteiger partial charge in [-0.05, 0) is 18.4 Å². The quantitative estimate of drug-likeness (QED) is 0.804. The predicted octanol–water partition coefficient (Wildman–Crippen LogP) is 2.07. The molecule has 1 atom stereocenters. The van der Waals surface area contributed by atoms with Crippen molar-refractivity contribution in [3.05, 3.63) is 35.9 Å². The molecule has 0 radical (unpaired) electrons. The van der Waals surface area contributed by atoms with Crippen LogP contribution in [0.15, 0.2) is 30.3 Å². The maximum absolute atomic E-state index is 12.8. The first-order valence-corrected chi connectivity index (χ1v) is 10.4. The molecule has 0 N–H and O–H groups in total. The molecule has 0 saturated carbocycles. The van der Waals surface area contributed by atoms with Crippen LogP contribution < -0.4 is 0 Å². The van der Waals surface area contributed by atoms with E-state index < -0.39 is 16.1 Å². The van der Waals surface area contributed by atoms with Crippen molar-refractivity contribution in [2.45, 2.75) is 25.2 Å². The number of carbonyl (C=O) groups excluding carboxylic acids is 2. The van der Waals surface area contributed by atoms with Gasteiger partial charge in [0.1, 0.15) is 0 Å². The number of nitrogens with zero attached hydrogens (tertiary/aromatic N) is 3. The number of benzene rings is 1. The Morgan fingerprint density at radius 3 is 2.44 bits per heavy atom. The Labute approximate surface area is 148 Å². The maximum atomic E-state index is 12.8. The normalized spacial score (nSPS) is 22.2. The number of amides is 4. The van der Waals surface area contributed by atoms with Crippen LogP contribution in [0, 0.1) is 0 Å². The van der Waals surface area contributed by atoms with Crippen molar-refractivity contribution in [1.82, 2.24) is 14.1 Å². The monoisotopic (exact) mass is 365 g/mol. The molecule has 4 amide bonds. The summed E-state index contributed by atoms with van der Waals surface area (Å²) in [7, 11) is -3.64. The topological polar surface area (TPSA) is 78.0 Å². The number of rotatable bonds is 2. The summed E-state index contributed by atoms with van der Waals surface area (Å²) in [4.78, 5) is 27.9. The zero-order chi connectivity index (χ0) is 18.0. The lowest BCUT2D eigenvalue weighted by Crippen LogP contribution is -2.47. The molecule has 0 aromatic heterocycles. The van der Waals surface area contributed by atoms with Crippen LogP contribution in [0.2, 0.25) is 0 Å². The number of sulfonamides is 1. The summed E-state index contributed by atoms with van der Waals surface area (Å²) < 4.78 is 24.0. The molecule has 7 nitrogen and oxygen atoms in total. The highest BCUT2D eigenvalue weighted by atomic mass is 32.2. The molecule has 8 heteroatoms. The minimum Gasteiger partial charge on any atom is -0.324 e. The molecule has 0 aliphatic carbocycles. The Balaban J connectivity index is 1.74. The molecule has 2 saturated heterocycles. The fraction of sp³-hybridized carbons (Fsp3) is 0.529. The Bertz CT molecular complexity index is 750. The number of hydrogen-bond donors (Lipinski definition) is 0. The summed E-state index contributed by atoms with van der Waals surface area (Å²) in [6, 6.07) is 8.93. The van der Waals surface area contributed by atoms with Gasteiger partial charge < -0.3 is 4.90 Å². The fourth-order valence-electron chi connectivity index (χ4n) is 3.49. The average Bonchev–Trinajstić information content (AvgIpc) is 2.82. The summed E-state index contributed by atoms with van der Waals surface area (Å²) in [5.74, 6) is 0.233. The number of likely N-dealkylation sites (tertiary alicyclic amines) is 1. The minimum atomic E-state index is -3.64. The molecule has 2 heterocycles. The van der Waals surface area contributed by atoms with Crippen LogP contribution in [0.1, 0.15) is 30.7 Å². The van der Waals surface area contributed by atoms with E-state index in [-0.39, 0.29) is 25.0 Å². The van der Waals surface area contributed by atoms with Gasteiger partial charge in [-0.15, -0.1) is 0 Å². The summed E-state index contributed by atoms with van der Waals surface area (Å²) in [5.41, 5.74) is 1.19. The number of hydrogen-bond acceptors (Lipinski definition) is 4. The third-order valence-electron chi connectivity index (χ3n) is 4.82.